The van der Waals surface area contributed by atoms with Crippen LogP contribution in [0.2, 0.25) is 0 Å². The first-order valence-electron chi connectivity index (χ1n) is 7.26. The maximum absolute atomic E-state index is 12.6. The quantitative estimate of drug-likeness (QED) is 0.495. The molecule has 0 spiro atoms. The van der Waals surface area contributed by atoms with E-state index in [9.17, 15) is 8.42 Å². The molecule has 7 nitrogen and oxygen atoms in total. The minimum atomic E-state index is -3.74. The summed E-state index contributed by atoms with van der Waals surface area (Å²) in [6, 6.07) is 0. The van der Waals surface area contributed by atoms with Gasteiger partial charge in [-0.15, -0.1) is 0 Å². The second-order valence-corrected chi connectivity index (χ2v) is 7.38. The number of aromatic amines is 1. The minimum Gasteiger partial charge on any atom is -0.386 e. The van der Waals surface area contributed by atoms with Crippen LogP contribution >= 0.6 is 0 Å². The van der Waals surface area contributed by atoms with E-state index in [1.165, 1.54) is 6.20 Å². The maximum Gasteiger partial charge on any atom is 0.244 e. The topological polar surface area (TPSA) is 125 Å². The molecule has 0 unspecified atom stereocenters. The fourth-order valence-corrected chi connectivity index (χ4v) is 4.44. The fourth-order valence-electron chi connectivity index (χ4n) is 2.86. The van der Waals surface area contributed by atoms with Crippen LogP contribution in [0.5, 0.6) is 0 Å². The van der Waals surface area contributed by atoms with Crippen LogP contribution in [0, 0.1) is 12.3 Å². The van der Waals surface area contributed by atoms with E-state index >= 15 is 0 Å². The molecule has 5 N–H and O–H groups in total. The molecular weight excluding hydrogens is 290 g/mol. The SMILES string of the molecule is Cc1[nH]ncc1S(=O)(=O)NC1(C(=N)N)CCCCCCC1. The van der Waals surface area contributed by atoms with Crippen molar-refractivity contribution in [1.82, 2.24) is 14.9 Å². The van der Waals surface area contributed by atoms with Gasteiger partial charge in [-0.05, 0) is 19.8 Å². The Kier molecular flexibility index (Phi) is 4.67. The molecule has 0 aliphatic heterocycles. The standard InChI is InChI=1S/C13H23N5O2S/c1-10-11(9-16-17-10)21(19,20)18-13(12(14)15)7-5-3-2-4-6-8-13/h9,18H,2-8H2,1H3,(H3,14,15)(H,16,17). The first-order valence-corrected chi connectivity index (χ1v) is 8.74. The number of hydrogen-bond donors (Lipinski definition) is 4. The average Bonchev–Trinajstić information content (AvgIpc) is 2.79. The number of H-pyrrole nitrogens is 1. The van der Waals surface area contributed by atoms with Crippen LogP contribution < -0.4 is 10.5 Å². The van der Waals surface area contributed by atoms with Gasteiger partial charge in [0.2, 0.25) is 10.0 Å². The molecule has 2 rings (SSSR count). The number of nitrogens with one attached hydrogen (secondary N) is 3. The molecular formula is C13H23N5O2S. The lowest BCUT2D eigenvalue weighted by atomic mass is 9.84. The van der Waals surface area contributed by atoms with Crippen molar-refractivity contribution in [2.24, 2.45) is 5.73 Å². The highest BCUT2D eigenvalue weighted by Gasteiger charge is 2.38. The van der Waals surface area contributed by atoms with Crippen molar-refractivity contribution in [3.8, 4) is 0 Å². The Bertz CT molecular complexity index is 600. The van der Waals surface area contributed by atoms with E-state index in [0.29, 0.717) is 18.5 Å². The molecule has 8 heteroatoms. The summed E-state index contributed by atoms with van der Waals surface area (Å²) in [6.07, 6.45) is 7.40. The molecule has 1 aliphatic rings. The number of nitrogens with zero attached hydrogens (tertiary/aromatic N) is 1. The van der Waals surface area contributed by atoms with Gasteiger partial charge in [-0.2, -0.15) is 9.82 Å². The third-order valence-electron chi connectivity index (χ3n) is 4.13. The summed E-state index contributed by atoms with van der Waals surface area (Å²) in [4.78, 5) is 0.116. The minimum absolute atomic E-state index is 0.103. The zero-order valence-corrected chi connectivity index (χ0v) is 13.1. The van der Waals surface area contributed by atoms with Crippen molar-refractivity contribution in [3.63, 3.8) is 0 Å². The van der Waals surface area contributed by atoms with Crippen molar-refractivity contribution in [1.29, 1.82) is 5.41 Å². The lowest BCUT2D eigenvalue weighted by Crippen LogP contribution is -2.57. The molecule has 0 atom stereocenters. The van der Waals surface area contributed by atoms with Gasteiger partial charge < -0.3 is 5.73 Å². The summed E-state index contributed by atoms with van der Waals surface area (Å²) in [7, 11) is -3.74. The summed E-state index contributed by atoms with van der Waals surface area (Å²) in [5.74, 6) is -0.103. The van der Waals surface area contributed by atoms with Gasteiger partial charge in [0.15, 0.2) is 0 Å². The highest BCUT2D eigenvalue weighted by Crippen LogP contribution is 2.28. The van der Waals surface area contributed by atoms with Gasteiger partial charge >= 0.3 is 0 Å². The van der Waals surface area contributed by atoms with Crippen LogP contribution in [0.3, 0.4) is 0 Å². The van der Waals surface area contributed by atoms with Gasteiger partial charge in [0.25, 0.3) is 0 Å². The molecule has 1 saturated carbocycles. The van der Waals surface area contributed by atoms with Crippen molar-refractivity contribution in [2.45, 2.75) is 62.3 Å². The van der Waals surface area contributed by atoms with E-state index < -0.39 is 15.6 Å². The number of sulfonamides is 1. The highest BCUT2D eigenvalue weighted by molar-refractivity contribution is 7.89. The number of nitrogens with two attached hydrogens (primary N) is 1. The van der Waals surface area contributed by atoms with Crippen LogP contribution in [-0.4, -0.2) is 30.0 Å². The monoisotopic (exact) mass is 313 g/mol. The lowest BCUT2D eigenvalue weighted by Gasteiger charge is -2.34. The zero-order valence-electron chi connectivity index (χ0n) is 12.3. The van der Waals surface area contributed by atoms with Crippen LogP contribution in [0.1, 0.15) is 50.6 Å². The van der Waals surface area contributed by atoms with Crippen LogP contribution in [-0.2, 0) is 10.0 Å². The molecule has 0 bridgehead atoms. The number of hydrogen-bond acceptors (Lipinski definition) is 4. The van der Waals surface area contributed by atoms with E-state index in [4.69, 9.17) is 11.1 Å². The number of rotatable bonds is 4. The first kappa shape index (κ1) is 16.0. The van der Waals surface area contributed by atoms with E-state index in [1.807, 2.05) is 0 Å². The molecule has 0 radical (unpaired) electrons. The van der Waals surface area contributed by atoms with Crippen LogP contribution in [0.4, 0.5) is 0 Å². The summed E-state index contributed by atoms with van der Waals surface area (Å²) in [5.41, 5.74) is 5.26. The second-order valence-electron chi connectivity index (χ2n) is 5.73. The number of aryl methyl sites for hydroxylation is 1. The molecule has 1 aromatic rings. The Morgan fingerprint density at radius 1 is 1.33 bits per heavy atom. The van der Waals surface area contributed by atoms with Crippen molar-refractivity contribution in [3.05, 3.63) is 11.9 Å². The third kappa shape index (κ3) is 3.44. The van der Waals surface area contributed by atoms with Gasteiger partial charge in [0, 0.05) is 0 Å². The van der Waals surface area contributed by atoms with E-state index in [-0.39, 0.29) is 10.7 Å². The molecule has 0 saturated heterocycles. The summed E-state index contributed by atoms with van der Waals surface area (Å²) in [6.45, 7) is 1.65. The summed E-state index contributed by atoms with van der Waals surface area (Å²) < 4.78 is 27.8. The third-order valence-corrected chi connectivity index (χ3v) is 5.78. The summed E-state index contributed by atoms with van der Waals surface area (Å²) >= 11 is 0. The van der Waals surface area contributed by atoms with Gasteiger partial charge in [0.1, 0.15) is 10.7 Å². The molecule has 1 aliphatic carbocycles. The van der Waals surface area contributed by atoms with E-state index in [1.54, 1.807) is 6.92 Å². The molecule has 1 heterocycles. The smallest absolute Gasteiger partial charge is 0.244 e. The molecule has 0 amide bonds. The fraction of sp³-hybridized carbons (Fsp3) is 0.692. The first-order chi connectivity index (χ1) is 9.87. The molecule has 1 fully saturated rings. The normalized spacial score (nSPS) is 19.7. The van der Waals surface area contributed by atoms with Gasteiger partial charge in [-0.1, -0.05) is 32.1 Å². The maximum atomic E-state index is 12.6. The Morgan fingerprint density at radius 3 is 2.38 bits per heavy atom. The molecule has 1 aromatic heterocycles. The highest BCUT2D eigenvalue weighted by atomic mass is 32.2. The van der Waals surface area contributed by atoms with Crippen molar-refractivity contribution >= 4 is 15.9 Å². The molecule has 118 valence electrons. The molecule has 21 heavy (non-hydrogen) atoms. The van der Waals surface area contributed by atoms with Gasteiger partial charge in [0.05, 0.1) is 17.4 Å². The van der Waals surface area contributed by atoms with E-state index in [2.05, 4.69) is 14.9 Å². The van der Waals surface area contributed by atoms with Gasteiger partial charge in [-0.25, -0.2) is 8.42 Å². The van der Waals surface area contributed by atoms with Crippen molar-refractivity contribution < 1.29 is 8.42 Å². The molecule has 0 aromatic carbocycles. The largest absolute Gasteiger partial charge is 0.386 e. The second kappa shape index (κ2) is 6.15. The Morgan fingerprint density at radius 2 is 1.90 bits per heavy atom. The van der Waals surface area contributed by atoms with Gasteiger partial charge in [-0.3, -0.25) is 10.5 Å². The lowest BCUT2D eigenvalue weighted by molar-refractivity contribution is 0.367. The predicted molar refractivity (Wildman–Crippen MR) is 80.6 cm³/mol. The Hall–Kier alpha value is -1.41. The Labute approximate surface area is 125 Å². The van der Waals surface area contributed by atoms with Crippen LogP contribution in [0.15, 0.2) is 11.1 Å². The van der Waals surface area contributed by atoms with Crippen molar-refractivity contribution in [2.75, 3.05) is 0 Å². The summed E-state index contributed by atoms with van der Waals surface area (Å²) in [5, 5.41) is 14.3. The number of amidine groups is 1. The average molecular weight is 313 g/mol. The Balaban J connectivity index is 2.31. The zero-order chi connectivity index (χ0) is 15.5. The predicted octanol–water partition coefficient (Wildman–Crippen LogP) is 1.42. The van der Waals surface area contributed by atoms with Crippen LogP contribution in [0.25, 0.3) is 0 Å². The number of aromatic nitrogens is 2. The van der Waals surface area contributed by atoms with E-state index in [0.717, 1.165) is 32.1 Å².